The lowest BCUT2D eigenvalue weighted by Gasteiger charge is -2.35. The van der Waals surface area contributed by atoms with E-state index < -0.39 is 22.5 Å². The first kappa shape index (κ1) is 16.8. The Bertz CT molecular complexity index is 656. The molecule has 122 valence electrons. The van der Waals surface area contributed by atoms with Gasteiger partial charge in [0.2, 0.25) is 10.0 Å². The van der Waals surface area contributed by atoms with Crippen molar-refractivity contribution in [1.82, 2.24) is 4.31 Å². The molecule has 6 nitrogen and oxygen atoms in total. The van der Waals surface area contributed by atoms with Crippen LogP contribution in [0.15, 0.2) is 17.0 Å². The van der Waals surface area contributed by atoms with E-state index >= 15 is 0 Å². The Morgan fingerprint density at radius 1 is 1.32 bits per heavy atom. The summed E-state index contributed by atoms with van der Waals surface area (Å²) in [5, 5.41) is 9.03. The zero-order valence-corrected chi connectivity index (χ0v) is 13.8. The summed E-state index contributed by atoms with van der Waals surface area (Å²) in [5.74, 6) is -0.496. The Balaban J connectivity index is 2.45. The van der Waals surface area contributed by atoms with Crippen LogP contribution < -0.4 is 4.74 Å². The van der Waals surface area contributed by atoms with Crippen LogP contribution in [0.1, 0.15) is 30.4 Å². The van der Waals surface area contributed by atoms with Gasteiger partial charge in [0.05, 0.1) is 12.0 Å². The Labute approximate surface area is 130 Å². The third-order valence-electron chi connectivity index (χ3n) is 4.02. The first-order valence-electron chi connectivity index (χ1n) is 7.16. The predicted molar refractivity (Wildman–Crippen MR) is 81.6 cm³/mol. The van der Waals surface area contributed by atoms with E-state index in [1.165, 1.54) is 19.2 Å². The number of aliphatic carboxylic acids is 1. The molecule has 0 aliphatic heterocycles. The van der Waals surface area contributed by atoms with Crippen molar-refractivity contribution < 1.29 is 23.1 Å². The normalized spacial score (nSPS) is 15.6. The number of ether oxygens (including phenoxy) is 1. The van der Waals surface area contributed by atoms with Crippen LogP contribution in [0.4, 0.5) is 0 Å². The minimum atomic E-state index is -3.83. The van der Waals surface area contributed by atoms with Crippen molar-refractivity contribution in [2.75, 3.05) is 13.7 Å². The fourth-order valence-electron chi connectivity index (χ4n) is 2.74. The van der Waals surface area contributed by atoms with Crippen LogP contribution in [-0.4, -0.2) is 43.5 Å². The van der Waals surface area contributed by atoms with Crippen LogP contribution in [0, 0.1) is 13.8 Å². The second-order valence-corrected chi connectivity index (χ2v) is 7.51. The van der Waals surface area contributed by atoms with Gasteiger partial charge in [-0.25, -0.2) is 8.42 Å². The third kappa shape index (κ3) is 3.10. The van der Waals surface area contributed by atoms with Crippen LogP contribution in [0.3, 0.4) is 0 Å². The number of aryl methyl sites for hydroxylation is 2. The molecule has 0 aromatic heterocycles. The summed E-state index contributed by atoms with van der Waals surface area (Å²) in [6.45, 7) is 3.04. The van der Waals surface area contributed by atoms with Gasteiger partial charge in [-0.2, -0.15) is 4.31 Å². The van der Waals surface area contributed by atoms with E-state index in [2.05, 4.69) is 0 Å². The van der Waals surface area contributed by atoms with Crippen LogP contribution >= 0.6 is 0 Å². The molecule has 0 atom stereocenters. The number of sulfonamides is 1. The van der Waals surface area contributed by atoms with Gasteiger partial charge < -0.3 is 9.84 Å². The summed E-state index contributed by atoms with van der Waals surface area (Å²) in [5.41, 5.74) is 1.43. The van der Waals surface area contributed by atoms with E-state index in [0.717, 1.165) is 10.7 Å². The lowest BCUT2D eigenvalue weighted by atomic mass is 9.93. The first-order chi connectivity index (χ1) is 10.3. The molecule has 0 spiro atoms. The van der Waals surface area contributed by atoms with Crippen LogP contribution in [0.2, 0.25) is 0 Å². The summed E-state index contributed by atoms with van der Waals surface area (Å²) in [7, 11) is -2.29. The molecule has 0 amide bonds. The highest BCUT2D eigenvalue weighted by Gasteiger charge is 2.36. The highest BCUT2D eigenvalue weighted by molar-refractivity contribution is 7.89. The molecule has 1 aliphatic rings. The Hall–Kier alpha value is -1.60. The van der Waals surface area contributed by atoms with Gasteiger partial charge >= 0.3 is 5.97 Å². The largest absolute Gasteiger partial charge is 0.496 e. The van der Waals surface area contributed by atoms with E-state index in [1.807, 2.05) is 0 Å². The van der Waals surface area contributed by atoms with Crippen molar-refractivity contribution in [3.05, 3.63) is 23.3 Å². The van der Waals surface area contributed by atoms with Crippen molar-refractivity contribution >= 4 is 16.0 Å². The Morgan fingerprint density at radius 2 is 1.86 bits per heavy atom. The second-order valence-electron chi connectivity index (χ2n) is 5.62. The Kier molecular flexibility index (Phi) is 4.77. The van der Waals surface area contributed by atoms with Gasteiger partial charge in [0.1, 0.15) is 12.3 Å². The minimum absolute atomic E-state index is 0.122. The maximum atomic E-state index is 12.8. The highest BCUT2D eigenvalue weighted by Crippen LogP contribution is 2.32. The molecule has 0 saturated heterocycles. The SMILES string of the molecule is COc1c(C)cc(S(=O)(=O)N(CC(=O)O)C2CCC2)cc1C. The van der Waals surface area contributed by atoms with Crippen molar-refractivity contribution in [1.29, 1.82) is 0 Å². The fraction of sp³-hybridized carbons (Fsp3) is 0.533. The van der Waals surface area contributed by atoms with E-state index in [1.54, 1.807) is 13.8 Å². The first-order valence-corrected chi connectivity index (χ1v) is 8.60. The summed E-state index contributed by atoms with van der Waals surface area (Å²) in [6, 6.07) is 2.85. The molecule has 1 fully saturated rings. The van der Waals surface area contributed by atoms with E-state index in [9.17, 15) is 13.2 Å². The van der Waals surface area contributed by atoms with Gasteiger partial charge in [0, 0.05) is 6.04 Å². The van der Waals surface area contributed by atoms with Crippen molar-refractivity contribution in [3.63, 3.8) is 0 Å². The smallest absolute Gasteiger partial charge is 0.318 e. The summed E-state index contributed by atoms with van der Waals surface area (Å²) >= 11 is 0. The van der Waals surface area contributed by atoms with Crippen LogP contribution in [0.25, 0.3) is 0 Å². The number of carboxylic acid groups (broad SMARTS) is 1. The summed E-state index contributed by atoms with van der Waals surface area (Å²) < 4.78 is 32.0. The number of carbonyl (C=O) groups is 1. The molecule has 1 saturated carbocycles. The molecule has 0 unspecified atom stereocenters. The van der Waals surface area contributed by atoms with Gasteiger partial charge in [-0.15, -0.1) is 0 Å². The standard InChI is InChI=1S/C15H21NO5S/c1-10-7-13(8-11(2)15(10)21-3)22(19,20)16(9-14(17)18)12-5-4-6-12/h7-8,12H,4-6,9H2,1-3H3,(H,17,18). The maximum Gasteiger partial charge on any atom is 0.318 e. The fourth-order valence-corrected chi connectivity index (χ4v) is 4.54. The van der Waals surface area contributed by atoms with Crippen molar-refractivity contribution in [3.8, 4) is 5.75 Å². The number of hydrogen-bond acceptors (Lipinski definition) is 4. The minimum Gasteiger partial charge on any atom is -0.496 e. The molecule has 2 rings (SSSR count). The molecular weight excluding hydrogens is 306 g/mol. The molecule has 0 heterocycles. The Morgan fingerprint density at radius 3 is 2.23 bits per heavy atom. The number of benzene rings is 1. The number of methoxy groups -OCH3 is 1. The molecule has 0 radical (unpaired) electrons. The zero-order chi connectivity index (χ0) is 16.5. The highest BCUT2D eigenvalue weighted by atomic mass is 32.2. The van der Waals surface area contributed by atoms with Gasteiger partial charge in [0.15, 0.2) is 0 Å². The number of hydrogen-bond donors (Lipinski definition) is 1. The van der Waals surface area contributed by atoms with E-state index in [-0.39, 0.29) is 10.9 Å². The van der Waals surface area contributed by atoms with Gasteiger partial charge in [-0.05, 0) is 49.9 Å². The van der Waals surface area contributed by atoms with E-state index in [4.69, 9.17) is 9.84 Å². The van der Waals surface area contributed by atoms with Crippen molar-refractivity contribution in [2.45, 2.75) is 44.0 Å². The third-order valence-corrected chi connectivity index (χ3v) is 5.89. The molecule has 1 aliphatic carbocycles. The average Bonchev–Trinajstić information content (AvgIpc) is 2.34. The lowest BCUT2D eigenvalue weighted by molar-refractivity contribution is -0.137. The number of carboxylic acids is 1. The van der Waals surface area contributed by atoms with E-state index in [0.29, 0.717) is 29.7 Å². The number of rotatable bonds is 6. The van der Waals surface area contributed by atoms with Crippen LogP contribution in [0.5, 0.6) is 5.75 Å². The molecule has 22 heavy (non-hydrogen) atoms. The molecule has 1 N–H and O–H groups in total. The van der Waals surface area contributed by atoms with Crippen molar-refractivity contribution in [2.24, 2.45) is 0 Å². The van der Waals surface area contributed by atoms with Gasteiger partial charge in [-0.3, -0.25) is 4.79 Å². The zero-order valence-electron chi connectivity index (χ0n) is 13.0. The summed E-state index contributed by atoms with van der Waals surface area (Å²) in [6.07, 6.45) is 2.35. The summed E-state index contributed by atoms with van der Waals surface area (Å²) in [4.78, 5) is 11.2. The molecule has 1 aromatic carbocycles. The molecule has 1 aromatic rings. The predicted octanol–water partition coefficient (Wildman–Crippen LogP) is 1.94. The quantitative estimate of drug-likeness (QED) is 0.863. The second kappa shape index (κ2) is 6.26. The van der Waals surface area contributed by atoms with Gasteiger partial charge in [0.25, 0.3) is 0 Å². The topological polar surface area (TPSA) is 83.9 Å². The molecule has 7 heteroatoms. The lowest BCUT2D eigenvalue weighted by Crippen LogP contribution is -2.46. The average molecular weight is 327 g/mol. The maximum absolute atomic E-state index is 12.8. The molecular formula is C15H21NO5S. The number of nitrogens with zero attached hydrogens (tertiary/aromatic N) is 1. The van der Waals surface area contributed by atoms with Gasteiger partial charge in [-0.1, -0.05) is 6.42 Å². The van der Waals surface area contributed by atoms with Crippen LogP contribution in [-0.2, 0) is 14.8 Å². The monoisotopic (exact) mass is 327 g/mol. The molecule has 0 bridgehead atoms.